The van der Waals surface area contributed by atoms with Crippen molar-refractivity contribution in [2.45, 2.75) is 0 Å². The van der Waals surface area contributed by atoms with Gasteiger partial charge in [-0.05, 0) is 12.1 Å². The van der Waals surface area contributed by atoms with E-state index in [-0.39, 0.29) is 0 Å². The number of carbonyl (C=O) groups is 1. The summed E-state index contributed by atoms with van der Waals surface area (Å²) in [6.07, 6.45) is 1.08. The average Bonchev–Trinajstić information content (AvgIpc) is 2.59. The maximum atomic E-state index is 12.5. The Morgan fingerprint density at radius 1 is 1.04 bits per heavy atom. The Labute approximate surface area is 140 Å². The van der Waals surface area contributed by atoms with Crippen LogP contribution in [0.2, 0.25) is 0 Å². The van der Waals surface area contributed by atoms with Gasteiger partial charge in [0.25, 0.3) is 5.91 Å². The van der Waals surface area contributed by atoms with E-state index in [0.29, 0.717) is 22.2 Å². The summed E-state index contributed by atoms with van der Waals surface area (Å²) in [5.41, 5.74) is 2.64. The van der Waals surface area contributed by atoms with Crippen LogP contribution in [0.3, 0.4) is 0 Å². The molecule has 1 amide bonds. The number of sulfone groups is 1. The summed E-state index contributed by atoms with van der Waals surface area (Å²) in [5.74, 6) is -0.834. The number of amides is 1. The summed E-state index contributed by atoms with van der Waals surface area (Å²) in [7, 11) is -3.29. The maximum absolute atomic E-state index is 12.5. The monoisotopic (exact) mass is 340 g/mol. The molecule has 3 aromatic rings. The molecule has 0 spiro atoms. The Hall–Kier alpha value is -2.73. The quantitative estimate of drug-likeness (QED) is 0.792. The molecule has 0 radical (unpaired) electrons. The van der Waals surface area contributed by atoms with Gasteiger partial charge in [0.05, 0.1) is 16.8 Å². The molecule has 0 unspecified atom stereocenters. The van der Waals surface area contributed by atoms with Gasteiger partial charge in [-0.25, -0.2) is 13.4 Å². The van der Waals surface area contributed by atoms with Crippen molar-refractivity contribution < 1.29 is 13.2 Å². The number of rotatable bonds is 4. The standard InChI is InChI=1S/C18H16N2O3S/c1-24(22,23)12-19-18(21)15-11-17(13-7-3-2-4-8-13)20-16-10-6-5-9-14(15)16/h2-11H,12H2,1H3,(H,19,21). The lowest BCUT2D eigenvalue weighted by Gasteiger charge is -2.10. The van der Waals surface area contributed by atoms with E-state index >= 15 is 0 Å². The van der Waals surface area contributed by atoms with Gasteiger partial charge in [-0.2, -0.15) is 0 Å². The number of fused-ring (bicyclic) bond motifs is 1. The highest BCUT2D eigenvalue weighted by Gasteiger charge is 2.15. The van der Waals surface area contributed by atoms with Gasteiger partial charge in [0.15, 0.2) is 9.84 Å². The zero-order valence-corrected chi connectivity index (χ0v) is 13.9. The number of para-hydroxylation sites is 1. The van der Waals surface area contributed by atoms with Crippen molar-refractivity contribution in [3.05, 3.63) is 66.2 Å². The molecular formula is C18H16N2O3S. The highest BCUT2D eigenvalue weighted by atomic mass is 32.2. The van der Waals surface area contributed by atoms with Crippen LogP contribution >= 0.6 is 0 Å². The van der Waals surface area contributed by atoms with E-state index in [2.05, 4.69) is 10.3 Å². The summed E-state index contributed by atoms with van der Waals surface area (Å²) in [6, 6.07) is 18.5. The van der Waals surface area contributed by atoms with E-state index < -0.39 is 21.6 Å². The van der Waals surface area contributed by atoms with Crippen LogP contribution in [0.1, 0.15) is 10.4 Å². The molecule has 0 bridgehead atoms. The van der Waals surface area contributed by atoms with Gasteiger partial charge in [-0.15, -0.1) is 0 Å². The Balaban J connectivity index is 2.10. The lowest BCUT2D eigenvalue weighted by Crippen LogP contribution is -2.29. The van der Waals surface area contributed by atoms with E-state index in [0.717, 1.165) is 11.8 Å². The number of benzene rings is 2. The fraction of sp³-hybridized carbons (Fsp3) is 0.111. The van der Waals surface area contributed by atoms with Crippen LogP contribution in [0.4, 0.5) is 0 Å². The first-order chi connectivity index (χ1) is 11.4. The molecule has 122 valence electrons. The van der Waals surface area contributed by atoms with Crippen LogP contribution in [0, 0.1) is 0 Å². The van der Waals surface area contributed by atoms with Crippen molar-refractivity contribution in [1.29, 1.82) is 0 Å². The van der Waals surface area contributed by atoms with Gasteiger partial charge in [0.1, 0.15) is 5.88 Å². The Kier molecular flexibility index (Phi) is 4.31. The van der Waals surface area contributed by atoms with Crippen molar-refractivity contribution in [3.63, 3.8) is 0 Å². The van der Waals surface area contributed by atoms with Gasteiger partial charge in [0, 0.05) is 17.2 Å². The average molecular weight is 340 g/mol. The molecule has 0 aliphatic rings. The number of aromatic nitrogens is 1. The molecule has 0 aliphatic heterocycles. The minimum Gasteiger partial charge on any atom is -0.338 e. The second kappa shape index (κ2) is 6.41. The number of pyridine rings is 1. The van der Waals surface area contributed by atoms with Crippen molar-refractivity contribution in [3.8, 4) is 11.3 Å². The minimum absolute atomic E-state index is 0.400. The predicted octanol–water partition coefficient (Wildman–Crippen LogP) is 2.63. The van der Waals surface area contributed by atoms with Crippen molar-refractivity contribution in [2.75, 3.05) is 12.1 Å². The predicted molar refractivity (Wildman–Crippen MR) is 94.4 cm³/mol. The van der Waals surface area contributed by atoms with Crippen LogP contribution in [0.5, 0.6) is 0 Å². The molecular weight excluding hydrogens is 324 g/mol. The van der Waals surface area contributed by atoms with Crippen LogP contribution in [-0.2, 0) is 9.84 Å². The van der Waals surface area contributed by atoms with Crippen LogP contribution in [0.25, 0.3) is 22.2 Å². The number of nitrogens with one attached hydrogen (secondary N) is 1. The summed E-state index contributed by atoms with van der Waals surface area (Å²) < 4.78 is 22.6. The molecule has 0 aliphatic carbocycles. The normalized spacial score (nSPS) is 11.4. The maximum Gasteiger partial charge on any atom is 0.252 e. The van der Waals surface area contributed by atoms with Gasteiger partial charge < -0.3 is 5.32 Å². The van der Waals surface area contributed by atoms with Gasteiger partial charge in [-0.1, -0.05) is 48.5 Å². The van der Waals surface area contributed by atoms with E-state index in [1.165, 1.54) is 0 Å². The third-order valence-electron chi connectivity index (χ3n) is 3.53. The van der Waals surface area contributed by atoms with E-state index in [9.17, 15) is 13.2 Å². The zero-order chi connectivity index (χ0) is 17.2. The molecule has 1 heterocycles. The molecule has 5 nitrogen and oxygen atoms in total. The fourth-order valence-electron chi connectivity index (χ4n) is 2.41. The van der Waals surface area contributed by atoms with Crippen LogP contribution in [-0.4, -0.2) is 31.4 Å². The molecule has 0 atom stereocenters. The van der Waals surface area contributed by atoms with E-state index in [4.69, 9.17) is 0 Å². The fourth-order valence-corrected chi connectivity index (χ4v) is 2.81. The topological polar surface area (TPSA) is 76.1 Å². The molecule has 6 heteroatoms. The first kappa shape index (κ1) is 16.1. The number of carbonyl (C=O) groups excluding carboxylic acids is 1. The summed E-state index contributed by atoms with van der Waals surface area (Å²) >= 11 is 0. The van der Waals surface area contributed by atoms with Gasteiger partial charge in [-0.3, -0.25) is 4.79 Å². The molecule has 1 aromatic heterocycles. The summed E-state index contributed by atoms with van der Waals surface area (Å²) in [4.78, 5) is 17.1. The Bertz CT molecular complexity index is 999. The summed E-state index contributed by atoms with van der Waals surface area (Å²) in [5, 5.41) is 3.14. The second-order valence-corrected chi connectivity index (χ2v) is 7.65. The highest BCUT2D eigenvalue weighted by Crippen LogP contribution is 2.24. The summed E-state index contributed by atoms with van der Waals surface area (Å²) in [6.45, 7) is 0. The first-order valence-electron chi connectivity index (χ1n) is 7.35. The Morgan fingerprint density at radius 3 is 2.42 bits per heavy atom. The first-order valence-corrected chi connectivity index (χ1v) is 9.41. The van der Waals surface area contributed by atoms with E-state index in [1.807, 2.05) is 48.5 Å². The lowest BCUT2D eigenvalue weighted by molar-refractivity contribution is 0.0961. The minimum atomic E-state index is -3.29. The van der Waals surface area contributed by atoms with Crippen LogP contribution in [0.15, 0.2) is 60.7 Å². The lowest BCUT2D eigenvalue weighted by atomic mass is 10.0. The van der Waals surface area contributed by atoms with Gasteiger partial charge >= 0.3 is 0 Å². The molecule has 3 rings (SSSR count). The number of hydrogen-bond acceptors (Lipinski definition) is 4. The third kappa shape index (κ3) is 3.60. The highest BCUT2D eigenvalue weighted by molar-refractivity contribution is 7.90. The molecule has 0 saturated carbocycles. The molecule has 0 fully saturated rings. The largest absolute Gasteiger partial charge is 0.338 e. The smallest absolute Gasteiger partial charge is 0.252 e. The third-order valence-corrected chi connectivity index (χ3v) is 4.19. The zero-order valence-electron chi connectivity index (χ0n) is 13.1. The number of nitrogens with zero attached hydrogens (tertiary/aromatic N) is 1. The van der Waals surface area contributed by atoms with Crippen molar-refractivity contribution >= 4 is 26.6 Å². The van der Waals surface area contributed by atoms with Crippen LogP contribution < -0.4 is 5.32 Å². The SMILES string of the molecule is CS(=O)(=O)CNC(=O)c1cc(-c2ccccc2)nc2ccccc12. The molecule has 0 saturated heterocycles. The molecule has 2 aromatic carbocycles. The molecule has 24 heavy (non-hydrogen) atoms. The van der Waals surface area contributed by atoms with E-state index in [1.54, 1.807) is 12.1 Å². The Morgan fingerprint density at radius 2 is 1.71 bits per heavy atom. The number of hydrogen-bond donors (Lipinski definition) is 1. The second-order valence-electron chi connectivity index (χ2n) is 5.51. The molecule has 1 N–H and O–H groups in total. The van der Waals surface area contributed by atoms with Crippen molar-refractivity contribution in [2.24, 2.45) is 0 Å². The van der Waals surface area contributed by atoms with Gasteiger partial charge in [0.2, 0.25) is 0 Å². The van der Waals surface area contributed by atoms with Crippen molar-refractivity contribution in [1.82, 2.24) is 10.3 Å².